The van der Waals surface area contributed by atoms with E-state index in [4.69, 9.17) is 11.6 Å². The summed E-state index contributed by atoms with van der Waals surface area (Å²) in [7, 11) is 2.00. The Morgan fingerprint density at radius 1 is 1.30 bits per heavy atom. The largest absolute Gasteiger partial charge is 0.342 e. The Balaban J connectivity index is 0.00000264. The van der Waals surface area contributed by atoms with E-state index in [0.29, 0.717) is 5.75 Å². The molecule has 1 saturated heterocycles. The van der Waals surface area contributed by atoms with Gasteiger partial charge in [0.25, 0.3) is 0 Å². The van der Waals surface area contributed by atoms with Gasteiger partial charge in [-0.2, -0.15) is 0 Å². The van der Waals surface area contributed by atoms with Crippen molar-refractivity contribution >= 4 is 41.7 Å². The second-order valence-corrected chi connectivity index (χ2v) is 7.26. The standard InChI is InChI=1S/C17H25ClN2OS.ClH/c1-19-9-6-14-7-10-20(11-8-14)17(21)13-22-12-15-2-4-16(18)5-3-15;/h2-5,14,19H,6-13H2,1H3;1H. The lowest BCUT2D eigenvalue weighted by molar-refractivity contribution is -0.129. The maximum atomic E-state index is 12.2. The molecule has 1 aliphatic rings. The van der Waals surface area contributed by atoms with Crippen molar-refractivity contribution in [2.75, 3.05) is 32.4 Å². The van der Waals surface area contributed by atoms with Crippen LogP contribution in [0.5, 0.6) is 0 Å². The quantitative estimate of drug-likeness (QED) is 0.784. The first-order chi connectivity index (χ1) is 10.7. The molecule has 0 radical (unpaired) electrons. The average molecular weight is 377 g/mol. The lowest BCUT2D eigenvalue weighted by atomic mass is 9.93. The minimum absolute atomic E-state index is 0. The molecule has 0 spiro atoms. The number of nitrogens with one attached hydrogen (secondary N) is 1. The van der Waals surface area contributed by atoms with Gasteiger partial charge in [0, 0.05) is 23.9 Å². The van der Waals surface area contributed by atoms with Crippen LogP contribution in [-0.4, -0.2) is 43.2 Å². The molecule has 1 amide bonds. The monoisotopic (exact) mass is 376 g/mol. The molecule has 23 heavy (non-hydrogen) atoms. The second-order valence-electron chi connectivity index (χ2n) is 5.84. The van der Waals surface area contributed by atoms with E-state index in [0.717, 1.165) is 49.2 Å². The SMILES string of the molecule is CNCCC1CCN(C(=O)CSCc2ccc(Cl)cc2)CC1.Cl. The first kappa shape index (κ1) is 20.6. The molecule has 1 N–H and O–H groups in total. The van der Waals surface area contributed by atoms with Crippen molar-refractivity contribution in [3.63, 3.8) is 0 Å². The van der Waals surface area contributed by atoms with Crippen molar-refractivity contribution in [1.29, 1.82) is 0 Å². The van der Waals surface area contributed by atoms with Gasteiger partial charge in [-0.1, -0.05) is 23.7 Å². The van der Waals surface area contributed by atoms with Crippen molar-refractivity contribution in [1.82, 2.24) is 10.2 Å². The smallest absolute Gasteiger partial charge is 0.232 e. The number of halogens is 2. The summed E-state index contributed by atoms with van der Waals surface area (Å²) in [5, 5.41) is 3.96. The summed E-state index contributed by atoms with van der Waals surface area (Å²) < 4.78 is 0. The number of likely N-dealkylation sites (tertiary alicyclic amines) is 1. The minimum Gasteiger partial charge on any atom is -0.342 e. The van der Waals surface area contributed by atoms with Crippen LogP contribution in [0.2, 0.25) is 5.02 Å². The fourth-order valence-corrected chi connectivity index (χ4v) is 3.76. The van der Waals surface area contributed by atoms with Gasteiger partial charge in [0.15, 0.2) is 0 Å². The maximum Gasteiger partial charge on any atom is 0.232 e. The van der Waals surface area contributed by atoms with E-state index in [1.54, 1.807) is 11.8 Å². The van der Waals surface area contributed by atoms with Crippen molar-refractivity contribution in [3.05, 3.63) is 34.9 Å². The Hall–Kier alpha value is -0.420. The number of carbonyl (C=O) groups is 1. The molecule has 0 aliphatic carbocycles. The first-order valence-electron chi connectivity index (χ1n) is 7.93. The van der Waals surface area contributed by atoms with E-state index >= 15 is 0 Å². The van der Waals surface area contributed by atoms with E-state index in [-0.39, 0.29) is 18.3 Å². The molecule has 2 rings (SSSR count). The van der Waals surface area contributed by atoms with Crippen LogP contribution in [-0.2, 0) is 10.5 Å². The highest BCUT2D eigenvalue weighted by molar-refractivity contribution is 7.99. The van der Waals surface area contributed by atoms with Crippen LogP contribution in [0.1, 0.15) is 24.8 Å². The Bertz CT molecular complexity index is 462. The molecule has 1 aliphatic heterocycles. The van der Waals surface area contributed by atoms with Crippen LogP contribution in [0.3, 0.4) is 0 Å². The highest BCUT2D eigenvalue weighted by Gasteiger charge is 2.22. The van der Waals surface area contributed by atoms with Gasteiger partial charge in [0.05, 0.1) is 5.75 Å². The number of amides is 1. The van der Waals surface area contributed by atoms with E-state index in [2.05, 4.69) is 5.32 Å². The Kier molecular flexibility index (Phi) is 10.0. The maximum absolute atomic E-state index is 12.2. The minimum atomic E-state index is 0. The van der Waals surface area contributed by atoms with E-state index < -0.39 is 0 Å². The summed E-state index contributed by atoms with van der Waals surface area (Å²) in [4.78, 5) is 14.3. The summed E-state index contributed by atoms with van der Waals surface area (Å²) in [6.45, 7) is 2.93. The van der Waals surface area contributed by atoms with Gasteiger partial charge in [-0.3, -0.25) is 4.79 Å². The molecule has 130 valence electrons. The van der Waals surface area contributed by atoms with Crippen molar-refractivity contribution in [3.8, 4) is 0 Å². The van der Waals surface area contributed by atoms with Gasteiger partial charge in [-0.05, 0) is 56.5 Å². The molecule has 0 atom stereocenters. The lowest BCUT2D eigenvalue weighted by Gasteiger charge is -2.32. The predicted molar refractivity (Wildman–Crippen MR) is 103 cm³/mol. The van der Waals surface area contributed by atoms with E-state index in [9.17, 15) is 4.79 Å². The highest BCUT2D eigenvalue weighted by atomic mass is 35.5. The summed E-state index contributed by atoms with van der Waals surface area (Å²) in [5.74, 6) is 2.50. The van der Waals surface area contributed by atoms with Crippen LogP contribution in [0.4, 0.5) is 0 Å². The van der Waals surface area contributed by atoms with Crippen LogP contribution < -0.4 is 5.32 Å². The first-order valence-corrected chi connectivity index (χ1v) is 9.47. The third kappa shape index (κ3) is 7.34. The molecule has 0 bridgehead atoms. The predicted octanol–water partition coefficient (Wildman–Crippen LogP) is 3.84. The normalized spacial score (nSPS) is 15.3. The summed E-state index contributed by atoms with van der Waals surface area (Å²) in [5.41, 5.74) is 1.22. The molecule has 0 aromatic heterocycles. The van der Waals surface area contributed by atoms with E-state index in [1.165, 1.54) is 12.0 Å². The number of rotatable bonds is 7. The fraction of sp³-hybridized carbons (Fsp3) is 0.588. The average Bonchev–Trinajstić information content (AvgIpc) is 2.55. The molecule has 6 heteroatoms. The molecular weight excluding hydrogens is 351 g/mol. The lowest BCUT2D eigenvalue weighted by Crippen LogP contribution is -2.39. The summed E-state index contributed by atoms with van der Waals surface area (Å²) in [6, 6.07) is 7.84. The third-order valence-corrected chi connectivity index (χ3v) is 5.42. The van der Waals surface area contributed by atoms with Crippen molar-refractivity contribution < 1.29 is 4.79 Å². The zero-order valence-corrected chi connectivity index (χ0v) is 16.0. The Morgan fingerprint density at radius 2 is 1.96 bits per heavy atom. The van der Waals surface area contributed by atoms with Gasteiger partial charge in [-0.25, -0.2) is 0 Å². The zero-order chi connectivity index (χ0) is 15.8. The van der Waals surface area contributed by atoms with Gasteiger partial charge >= 0.3 is 0 Å². The van der Waals surface area contributed by atoms with E-state index in [1.807, 2.05) is 36.2 Å². The van der Waals surface area contributed by atoms with Crippen LogP contribution in [0, 0.1) is 5.92 Å². The van der Waals surface area contributed by atoms with Crippen LogP contribution in [0.25, 0.3) is 0 Å². The highest BCUT2D eigenvalue weighted by Crippen LogP contribution is 2.21. The number of carbonyl (C=O) groups excluding carboxylic acids is 1. The molecule has 1 aromatic carbocycles. The number of thioether (sulfide) groups is 1. The van der Waals surface area contributed by atoms with Gasteiger partial charge < -0.3 is 10.2 Å². The third-order valence-electron chi connectivity index (χ3n) is 4.18. The van der Waals surface area contributed by atoms with Gasteiger partial charge in [-0.15, -0.1) is 24.2 Å². The number of nitrogens with zero attached hydrogens (tertiary/aromatic N) is 1. The molecule has 1 fully saturated rings. The van der Waals surface area contributed by atoms with Crippen LogP contribution >= 0.6 is 35.8 Å². The topological polar surface area (TPSA) is 32.3 Å². The second kappa shape index (κ2) is 11.2. The molecule has 3 nitrogen and oxygen atoms in total. The number of hydrogen-bond acceptors (Lipinski definition) is 3. The molecule has 0 unspecified atom stereocenters. The fourth-order valence-electron chi connectivity index (χ4n) is 2.75. The van der Waals surface area contributed by atoms with Gasteiger partial charge in [0.1, 0.15) is 0 Å². The molecule has 1 heterocycles. The van der Waals surface area contributed by atoms with Crippen LogP contribution in [0.15, 0.2) is 24.3 Å². The summed E-state index contributed by atoms with van der Waals surface area (Å²) >= 11 is 7.55. The molecular formula is C17H26Cl2N2OS. The summed E-state index contributed by atoms with van der Waals surface area (Å²) in [6.07, 6.45) is 3.52. The number of benzene rings is 1. The van der Waals surface area contributed by atoms with Crippen molar-refractivity contribution in [2.45, 2.75) is 25.0 Å². The molecule has 1 aromatic rings. The van der Waals surface area contributed by atoms with Gasteiger partial charge in [0.2, 0.25) is 5.91 Å². The number of piperidine rings is 1. The Morgan fingerprint density at radius 3 is 2.57 bits per heavy atom. The zero-order valence-electron chi connectivity index (χ0n) is 13.6. The molecule has 0 saturated carbocycles. The number of hydrogen-bond donors (Lipinski definition) is 1. The van der Waals surface area contributed by atoms with Crippen molar-refractivity contribution in [2.24, 2.45) is 5.92 Å². The Labute approximate surface area is 154 Å².